The van der Waals surface area contributed by atoms with E-state index in [1.807, 2.05) is 44.2 Å². The van der Waals surface area contributed by atoms with Gasteiger partial charge in [-0.1, -0.05) is 55.5 Å². The van der Waals surface area contributed by atoms with Gasteiger partial charge in [-0.05, 0) is 30.2 Å². The fourth-order valence-corrected chi connectivity index (χ4v) is 3.41. The van der Waals surface area contributed by atoms with Crippen LogP contribution in [0.1, 0.15) is 24.2 Å². The molecular formula is C21H22N4O3S. The maximum Gasteiger partial charge on any atom is 0.251 e. The van der Waals surface area contributed by atoms with Crippen LogP contribution in [0.15, 0.2) is 54.6 Å². The van der Waals surface area contributed by atoms with Crippen molar-refractivity contribution in [3.63, 3.8) is 0 Å². The number of ether oxygens (including phenoxy) is 1. The monoisotopic (exact) mass is 410 g/mol. The fourth-order valence-electron chi connectivity index (χ4n) is 2.66. The van der Waals surface area contributed by atoms with Gasteiger partial charge in [-0.15, -0.1) is 10.2 Å². The highest BCUT2D eigenvalue weighted by Gasteiger charge is 2.25. The van der Waals surface area contributed by atoms with Crippen LogP contribution in [0.2, 0.25) is 0 Å². The maximum absolute atomic E-state index is 12.8. The van der Waals surface area contributed by atoms with Gasteiger partial charge in [-0.2, -0.15) is 0 Å². The number of hydrogen-bond donors (Lipinski definition) is 2. The molecule has 0 fully saturated rings. The van der Waals surface area contributed by atoms with Crippen molar-refractivity contribution in [3.05, 3.63) is 60.2 Å². The summed E-state index contributed by atoms with van der Waals surface area (Å²) in [5.74, 6) is -0.120. The van der Waals surface area contributed by atoms with Gasteiger partial charge in [0.15, 0.2) is 0 Å². The molecule has 2 amide bonds. The van der Waals surface area contributed by atoms with Gasteiger partial charge in [0.25, 0.3) is 5.91 Å². The van der Waals surface area contributed by atoms with E-state index in [9.17, 15) is 9.59 Å². The minimum absolute atomic E-state index is 0.112. The Morgan fingerprint density at radius 1 is 1.00 bits per heavy atom. The van der Waals surface area contributed by atoms with E-state index in [4.69, 9.17) is 4.74 Å². The summed E-state index contributed by atoms with van der Waals surface area (Å²) in [6, 6.07) is 15.6. The van der Waals surface area contributed by atoms with Gasteiger partial charge in [-0.25, -0.2) is 0 Å². The Morgan fingerprint density at radius 2 is 1.69 bits per heavy atom. The Hall–Kier alpha value is -3.26. The first kappa shape index (κ1) is 20.5. The van der Waals surface area contributed by atoms with Crippen molar-refractivity contribution in [2.24, 2.45) is 5.92 Å². The standard InChI is InChI=1S/C21H22N4O3S/c1-13(2)17(22-18(26)14-9-11-16(28-3)12-10-14)19(27)23-21-25-24-20(29-21)15-7-5-4-6-8-15/h4-13,17H,1-3H3,(H,22,26)(H,23,25,27). The Bertz CT molecular complexity index is 971. The van der Waals surface area contributed by atoms with Crippen LogP contribution in [0.25, 0.3) is 10.6 Å². The van der Waals surface area contributed by atoms with Crippen molar-refractivity contribution in [3.8, 4) is 16.3 Å². The van der Waals surface area contributed by atoms with Gasteiger partial charge in [0.2, 0.25) is 11.0 Å². The number of nitrogens with one attached hydrogen (secondary N) is 2. The number of nitrogens with zero attached hydrogens (tertiary/aromatic N) is 2. The van der Waals surface area contributed by atoms with Crippen molar-refractivity contribution in [2.45, 2.75) is 19.9 Å². The highest BCUT2D eigenvalue weighted by molar-refractivity contribution is 7.18. The van der Waals surface area contributed by atoms with E-state index < -0.39 is 6.04 Å². The van der Waals surface area contributed by atoms with Gasteiger partial charge in [0, 0.05) is 11.1 Å². The van der Waals surface area contributed by atoms with Crippen LogP contribution < -0.4 is 15.4 Å². The molecular weight excluding hydrogens is 388 g/mol. The molecule has 1 unspecified atom stereocenters. The second-order valence-electron chi connectivity index (χ2n) is 6.69. The van der Waals surface area contributed by atoms with Crippen molar-refractivity contribution >= 4 is 28.3 Å². The predicted octanol–water partition coefficient (Wildman–Crippen LogP) is 3.61. The van der Waals surface area contributed by atoms with Crippen LogP contribution >= 0.6 is 11.3 Å². The second-order valence-corrected chi connectivity index (χ2v) is 7.67. The molecule has 1 atom stereocenters. The molecule has 0 aliphatic heterocycles. The summed E-state index contributed by atoms with van der Waals surface area (Å²) >= 11 is 1.28. The van der Waals surface area contributed by atoms with E-state index in [2.05, 4.69) is 20.8 Å². The van der Waals surface area contributed by atoms with Crippen molar-refractivity contribution in [2.75, 3.05) is 12.4 Å². The largest absolute Gasteiger partial charge is 0.497 e. The summed E-state index contributed by atoms with van der Waals surface area (Å²) < 4.78 is 5.10. The van der Waals surface area contributed by atoms with Crippen LogP contribution in [-0.4, -0.2) is 35.2 Å². The molecule has 0 aliphatic rings. The number of carbonyl (C=O) groups excluding carboxylic acids is 2. The highest BCUT2D eigenvalue weighted by Crippen LogP contribution is 2.26. The molecule has 1 aromatic heterocycles. The molecule has 2 N–H and O–H groups in total. The number of amides is 2. The molecule has 8 heteroatoms. The Balaban J connectivity index is 1.68. The summed E-state index contributed by atoms with van der Waals surface area (Å²) in [6.45, 7) is 3.74. The number of aromatic nitrogens is 2. The molecule has 0 saturated carbocycles. The molecule has 7 nitrogen and oxygen atoms in total. The van der Waals surface area contributed by atoms with E-state index in [0.29, 0.717) is 21.5 Å². The first-order chi connectivity index (χ1) is 14.0. The van der Waals surface area contributed by atoms with Crippen molar-refractivity contribution in [1.29, 1.82) is 0 Å². The second kappa shape index (κ2) is 9.29. The molecule has 2 aromatic carbocycles. The molecule has 0 saturated heterocycles. The minimum atomic E-state index is -0.714. The lowest BCUT2D eigenvalue weighted by Gasteiger charge is -2.21. The van der Waals surface area contributed by atoms with E-state index in [1.165, 1.54) is 11.3 Å². The number of carbonyl (C=O) groups is 2. The van der Waals surface area contributed by atoms with Gasteiger partial charge in [-0.3, -0.25) is 14.9 Å². The van der Waals surface area contributed by atoms with Crippen LogP contribution in [-0.2, 0) is 4.79 Å². The summed E-state index contributed by atoms with van der Waals surface area (Å²) in [7, 11) is 1.56. The zero-order chi connectivity index (χ0) is 20.8. The summed E-state index contributed by atoms with van der Waals surface area (Å²) in [6.07, 6.45) is 0. The van der Waals surface area contributed by atoms with Crippen LogP contribution in [0.3, 0.4) is 0 Å². The lowest BCUT2D eigenvalue weighted by Crippen LogP contribution is -2.47. The fraction of sp³-hybridized carbons (Fsp3) is 0.238. The number of benzene rings is 2. The maximum atomic E-state index is 12.8. The summed E-state index contributed by atoms with van der Waals surface area (Å²) in [4.78, 5) is 25.3. The number of hydrogen-bond acceptors (Lipinski definition) is 6. The number of methoxy groups -OCH3 is 1. The normalized spacial score (nSPS) is 11.7. The van der Waals surface area contributed by atoms with E-state index in [0.717, 1.165) is 5.56 Å². The number of rotatable bonds is 7. The van der Waals surface area contributed by atoms with E-state index in [1.54, 1.807) is 31.4 Å². The first-order valence-electron chi connectivity index (χ1n) is 9.12. The Labute approximate surface area is 173 Å². The molecule has 29 heavy (non-hydrogen) atoms. The number of anilines is 1. The molecule has 3 rings (SSSR count). The minimum Gasteiger partial charge on any atom is -0.497 e. The third-order valence-electron chi connectivity index (χ3n) is 4.26. The quantitative estimate of drug-likeness (QED) is 0.621. The third-order valence-corrected chi connectivity index (χ3v) is 5.15. The molecule has 150 valence electrons. The van der Waals surface area contributed by atoms with Crippen LogP contribution in [0, 0.1) is 5.92 Å². The van der Waals surface area contributed by atoms with Gasteiger partial charge in [0.1, 0.15) is 16.8 Å². The van der Waals surface area contributed by atoms with Crippen molar-refractivity contribution < 1.29 is 14.3 Å². The van der Waals surface area contributed by atoms with Crippen molar-refractivity contribution in [1.82, 2.24) is 15.5 Å². The van der Waals surface area contributed by atoms with E-state index in [-0.39, 0.29) is 17.7 Å². The van der Waals surface area contributed by atoms with E-state index >= 15 is 0 Å². The first-order valence-corrected chi connectivity index (χ1v) is 9.94. The Kier molecular flexibility index (Phi) is 6.56. The molecule has 1 heterocycles. The lowest BCUT2D eigenvalue weighted by atomic mass is 10.0. The van der Waals surface area contributed by atoms with Crippen LogP contribution in [0.5, 0.6) is 5.75 Å². The molecule has 0 bridgehead atoms. The van der Waals surface area contributed by atoms with Gasteiger partial charge < -0.3 is 10.1 Å². The zero-order valence-electron chi connectivity index (χ0n) is 16.4. The zero-order valence-corrected chi connectivity index (χ0v) is 17.2. The third kappa shape index (κ3) is 5.17. The van der Waals surface area contributed by atoms with Gasteiger partial charge in [0.05, 0.1) is 7.11 Å². The average molecular weight is 410 g/mol. The highest BCUT2D eigenvalue weighted by atomic mass is 32.1. The predicted molar refractivity (Wildman–Crippen MR) is 113 cm³/mol. The lowest BCUT2D eigenvalue weighted by molar-refractivity contribution is -0.118. The SMILES string of the molecule is COc1ccc(C(=O)NC(C(=O)Nc2nnc(-c3ccccc3)s2)C(C)C)cc1. The van der Waals surface area contributed by atoms with Crippen LogP contribution in [0.4, 0.5) is 5.13 Å². The molecule has 0 spiro atoms. The van der Waals surface area contributed by atoms with Gasteiger partial charge >= 0.3 is 0 Å². The summed E-state index contributed by atoms with van der Waals surface area (Å²) in [5.41, 5.74) is 1.38. The Morgan fingerprint density at radius 3 is 2.31 bits per heavy atom. The smallest absolute Gasteiger partial charge is 0.251 e. The average Bonchev–Trinajstić information content (AvgIpc) is 3.20. The molecule has 0 aliphatic carbocycles. The molecule has 3 aromatic rings. The molecule has 0 radical (unpaired) electrons. The summed E-state index contributed by atoms with van der Waals surface area (Å²) in [5, 5.41) is 14.8. The topological polar surface area (TPSA) is 93.2 Å².